The molecule has 158 valence electrons. The number of carbonyl (C=O) groups is 2. The Morgan fingerprint density at radius 1 is 1.31 bits per heavy atom. The molecule has 13 heteroatoms. The van der Waals surface area contributed by atoms with Crippen LogP contribution in [-0.2, 0) is 16.1 Å². The molecule has 1 atom stereocenters. The number of aromatic nitrogens is 4. The van der Waals surface area contributed by atoms with Gasteiger partial charge in [-0.25, -0.2) is 19.6 Å². The molecule has 0 aliphatic rings. The van der Waals surface area contributed by atoms with E-state index in [1.165, 1.54) is 12.7 Å². The van der Waals surface area contributed by atoms with Crippen LogP contribution in [-0.4, -0.2) is 61.8 Å². The van der Waals surface area contributed by atoms with Gasteiger partial charge in [-0.15, -0.1) is 0 Å². The predicted molar refractivity (Wildman–Crippen MR) is 103 cm³/mol. The predicted octanol–water partition coefficient (Wildman–Crippen LogP) is -0.867. The molecule has 0 radical (unpaired) electrons. The number of amides is 1. The third-order valence-corrected chi connectivity index (χ3v) is 3.97. The van der Waals surface area contributed by atoms with E-state index < -0.39 is 18.1 Å². The molecule has 0 bridgehead atoms. The van der Waals surface area contributed by atoms with Crippen LogP contribution in [0.15, 0.2) is 22.4 Å². The Kier molecular flexibility index (Phi) is 7.94. The number of aliphatic imine (C=N–C) groups is 1. The summed E-state index contributed by atoms with van der Waals surface area (Å²) >= 11 is 0. The number of fused-ring (bicyclic) bond motifs is 1. The summed E-state index contributed by atoms with van der Waals surface area (Å²) < 4.78 is 6.75. The second-order valence-corrected chi connectivity index (χ2v) is 6.17. The number of carbonyl (C=O) groups excluding carboxylic acids is 1. The smallest absolute Gasteiger partial charge is 0.407 e. The minimum absolute atomic E-state index is 0.0736. The SMILES string of the molecule is NC(N)=NCCC[C@H](NC(=O)OCCCCn1cnc2c(=O)[nH]cnc21)C(=O)O. The summed E-state index contributed by atoms with van der Waals surface area (Å²) in [7, 11) is 0. The fourth-order valence-electron chi connectivity index (χ4n) is 2.55. The van der Waals surface area contributed by atoms with Gasteiger partial charge in [0.25, 0.3) is 5.56 Å². The highest BCUT2D eigenvalue weighted by atomic mass is 16.5. The molecule has 2 heterocycles. The zero-order valence-electron chi connectivity index (χ0n) is 15.7. The largest absolute Gasteiger partial charge is 0.480 e. The summed E-state index contributed by atoms with van der Waals surface area (Å²) in [5, 5.41) is 11.5. The number of carboxylic acid groups (broad SMARTS) is 1. The zero-order chi connectivity index (χ0) is 21.2. The molecule has 2 aromatic heterocycles. The maximum Gasteiger partial charge on any atom is 0.407 e. The number of hydrogen-bond acceptors (Lipinski definition) is 7. The Bertz CT molecular complexity index is 917. The lowest BCUT2D eigenvalue weighted by atomic mass is 10.1. The van der Waals surface area contributed by atoms with E-state index in [-0.39, 0.29) is 36.6 Å². The number of aliphatic carboxylic acids is 1. The van der Waals surface area contributed by atoms with Crippen LogP contribution in [0.1, 0.15) is 25.7 Å². The van der Waals surface area contributed by atoms with Gasteiger partial charge in [-0.3, -0.25) is 9.79 Å². The summed E-state index contributed by atoms with van der Waals surface area (Å²) in [4.78, 5) is 48.9. The van der Waals surface area contributed by atoms with Crippen LogP contribution in [0.5, 0.6) is 0 Å². The number of hydrogen-bond donors (Lipinski definition) is 5. The summed E-state index contributed by atoms with van der Waals surface area (Å²) in [5.74, 6) is -1.24. The van der Waals surface area contributed by atoms with Gasteiger partial charge in [0.15, 0.2) is 17.1 Å². The van der Waals surface area contributed by atoms with Gasteiger partial charge < -0.3 is 36.2 Å². The van der Waals surface area contributed by atoms with Gasteiger partial charge in [-0.2, -0.15) is 0 Å². The minimum atomic E-state index is -1.17. The van der Waals surface area contributed by atoms with Gasteiger partial charge in [0.05, 0.1) is 19.3 Å². The third-order valence-electron chi connectivity index (χ3n) is 3.97. The number of guanidine groups is 1. The number of carboxylic acids is 1. The van der Waals surface area contributed by atoms with Crippen molar-refractivity contribution >= 4 is 29.2 Å². The summed E-state index contributed by atoms with van der Waals surface area (Å²) in [6.45, 7) is 0.930. The number of nitrogens with zero attached hydrogens (tertiary/aromatic N) is 4. The molecule has 0 fully saturated rings. The van der Waals surface area contributed by atoms with Crippen molar-refractivity contribution in [3.8, 4) is 0 Å². The first-order chi connectivity index (χ1) is 13.9. The fourth-order valence-corrected chi connectivity index (χ4v) is 2.55. The van der Waals surface area contributed by atoms with Crippen LogP contribution in [0.4, 0.5) is 4.79 Å². The van der Waals surface area contributed by atoms with Crippen LogP contribution >= 0.6 is 0 Å². The Hall–Kier alpha value is -3.64. The molecular weight excluding hydrogens is 384 g/mol. The maximum absolute atomic E-state index is 11.8. The number of imidazole rings is 1. The number of H-pyrrole nitrogens is 1. The number of nitrogens with two attached hydrogens (primary N) is 2. The molecule has 0 unspecified atom stereocenters. The number of aryl methyl sites for hydroxylation is 1. The van der Waals surface area contributed by atoms with E-state index in [4.69, 9.17) is 21.3 Å². The molecule has 0 aromatic carbocycles. The van der Waals surface area contributed by atoms with Crippen LogP contribution in [0.25, 0.3) is 11.2 Å². The van der Waals surface area contributed by atoms with Gasteiger partial charge in [0.1, 0.15) is 6.04 Å². The van der Waals surface area contributed by atoms with Gasteiger partial charge in [0, 0.05) is 13.1 Å². The number of nitrogens with one attached hydrogen (secondary N) is 2. The Morgan fingerprint density at radius 3 is 2.83 bits per heavy atom. The van der Waals surface area contributed by atoms with E-state index in [2.05, 4.69) is 25.3 Å². The standard InChI is InChI=1S/C16H24N8O5/c17-15(18)19-5-3-4-10(14(26)27)23-16(28)29-7-2-1-6-24-9-22-11-12(24)20-8-21-13(11)25/h8-10H,1-7H2,(H,23,28)(H,26,27)(H4,17,18,19)(H,20,21,25)/t10-/m0/s1. The average Bonchev–Trinajstić information content (AvgIpc) is 3.08. The van der Waals surface area contributed by atoms with Crippen molar-refractivity contribution in [3.05, 3.63) is 23.0 Å². The number of ether oxygens (including phenoxy) is 1. The van der Waals surface area contributed by atoms with Crippen molar-refractivity contribution in [2.75, 3.05) is 13.2 Å². The van der Waals surface area contributed by atoms with Gasteiger partial charge in [-0.1, -0.05) is 0 Å². The van der Waals surface area contributed by atoms with Crippen molar-refractivity contribution < 1.29 is 19.4 Å². The Balaban J connectivity index is 1.68. The molecule has 0 aliphatic carbocycles. The lowest BCUT2D eigenvalue weighted by Crippen LogP contribution is -2.41. The molecule has 13 nitrogen and oxygen atoms in total. The average molecular weight is 408 g/mol. The molecule has 0 saturated carbocycles. The van der Waals surface area contributed by atoms with Crippen molar-refractivity contribution in [1.29, 1.82) is 0 Å². The quantitative estimate of drug-likeness (QED) is 0.178. The maximum atomic E-state index is 11.8. The van der Waals surface area contributed by atoms with Crippen LogP contribution in [0.2, 0.25) is 0 Å². The van der Waals surface area contributed by atoms with E-state index in [0.717, 1.165) is 0 Å². The lowest BCUT2D eigenvalue weighted by Gasteiger charge is -2.14. The molecule has 7 N–H and O–H groups in total. The van der Waals surface area contributed by atoms with E-state index >= 15 is 0 Å². The topological polar surface area (TPSA) is 204 Å². The monoisotopic (exact) mass is 408 g/mol. The van der Waals surface area contributed by atoms with Crippen molar-refractivity contribution in [2.45, 2.75) is 38.3 Å². The highest BCUT2D eigenvalue weighted by Crippen LogP contribution is 2.06. The summed E-state index contributed by atoms with van der Waals surface area (Å²) in [6, 6.07) is -1.09. The highest BCUT2D eigenvalue weighted by Gasteiger charge is 2.20. The molecule has 0 saturated heterocycles. The first-order valence-electron chi connectivity index (χ1n) is 8.98. The number of rotatable bonds is 11. The first kappa shape index (κ1) is 21.7. The lowest BCUT2D eigenvalue weighted by molar-refractivity contribution is -0.139. The first-order valence-corrected chi connectivity index (χ1v) is 8.98. The van der Waals surface area contributed by atoms with Gasteiger partial charge in [0.2, 0.25) is 0 Å². The second-order valence-electron chi connectivity index (χ2n) is 6.17. The van der Waals surface area contributed by atoms with Crippen LogP contribution in [0.3, 0.4) is 0 Å². The summed E-state index contributed by atoms with van der Waals surface area (Å²) in [5.41, 5.74) is 10.8. The van der Waals surface area contributed by atoms with E-state index in [0.29, 0.717) is 31.5 Å². The Labute approximate surface area is 165 Å². The number of aromatic amines is 1. The van der Waals surface area contributed by atoms with Crippen molar-refractivity contribution in [3.63, 3.8) is 0 Å². The van der Waals surface area contributed by atoms with Gasteiger partial charge >= 0.3 is 12.1 Å². The van der Waals surface area contributed by atoms with E-state index in [9.17, 15) is 14.4 Å². The summed E-state index contributed by atoms with van der Waals surface area (Å²) in [6.07, 6.45) is 3.78. The third kappa shape index (κ3) is 6.79. The molecule has 29 heavy (non-hydrogen) atoms. The number of unbranched alkanes of at least 4 members (excludes halogenated alkanes) is 1. The van der Waals surface area contributed by atoms with Crippen LogP contribution < -0.4 is 22.3 Å². The number of alkyl carbamates (subject to hydrolysis) is 1. The Morgan fingerprint density at radius 2 is 2.10 bits per heavy atom. The molecule has 2 aromatic rings. The fraction of sp³-hybridized carbons (Fsp3) is 0.500. The van der Waals surface area contributed by atoms with Crippen LogP contribution in [0, 0.1) is 0 Å². The van der Waals surface area contributed by atoms with E-state index in [1.807, 2.05) is 0 Å². The highest BCUT2D eigenvalue weighted by molar-refractivity contribution is 5.79. The van der Waals surface area contributed by atoms with E-state index in [1.54, 1.807) is 4.57 Å². The normalized spacial score (nSPS) is 11.7. The minimum Gasteiger partial charge on any atom is -0.480 e. The molecule has 0 spiro atoms. The zero-order valence-corrected chi connectivity index (χ0v) is 15.7. The molecular formula is C16H24N8O5. The van der Waals surface area contributed by atoms with Crippen molar-refractivity contribution in [1.82, 2.24) is 24.8 Å². The molecule has 0 aliphatic heterocycles. The van der Waals surface area contributed by atoms with Gasteiger partial charge in [-0.05, 0) is 25.7 Å². The molecule has 1 amide bonds. The second kappa shape index (κ2) is 10.6. The van der Waals surface area contributed by atoms with Crippen molar-refractivity contribution in [2.24, 2.45) is 16.5 Å². The molecule has 2 rings (SSSR count).